The fourth-order valence-corrected chi connectivity index (χ4v) is 5.07. The molecule has 3 heterocycles. The Kier molecular flexibility index (Phi) is 5.61. The van der Waals surface area contributed by atoms with E-state index in [9.17, 15) is 9.59 Å². The number of hydrogen-bond donors (Lipinski definition) is 1. The van der Waals surface area contributed by atoms with Crippen LogP contribution in [0.4, 0.5) is 17.1 Å². The van der Waals surface area contributed by atoms with Crippen molar-refractivity contribution in [2.75, 3.05) is 62.8 Å². The van der Waals surface area contributed by atoms with Gasteiger partial charge in [0.1, 0.15) is 9.71 Å². The van der Waals surface area contributed by atoms with E-state index in [0.29, 0.717) is 15.4 Å². The monoisotopic (exact) mass is 470 g/mol. The van der Waals surface area contributed by atoms with Gasteiger partial charge in [0.05, 0.1) is 30.3 Å². The molecule has 0 saturated carbocycles. The van der Waals surface area contributed by atoms with Crippen molar-refractivity contribution in [1.82, 2.24) is 9.88 Å². The molecule has 1 aromatic carbocycles. The Balaban J connectivity index is 1.47. The lowest BCUT2D eigenvalue weighted by atomic mass is 10.1. The van der Waals surface area contributed by atoms with Crippen LogP contribution in [0.15, 0.2) is 36.5 Å². The van der Waals surface area contributed by atoms with Crippen molar-refractivity contribution in [2.24, 2.45) is 0 Å². The van der Waals surface area contributed by atoms with Crippen molar-refractivity contribution in [3.63, 3.8) is 0 Å². The van der Waals surface area contributed by atoms with Crippen molar-refractivity contribution in [3.05, 3.63) is 47.0 Å². The molecule has 2 aromatic heterocycles. The quantitative estimate of drug-likeness (QED) is 0.573. The van der Waals surface area contributed by atoms with Gasteiger partial charge in [0.2, 0.25) is 5.91 Å². The summed E-state index contributed by atoms with van der Waals surface area (Å²) in [5.41, 5.74) is 9.52. The number of amides is 1. The number of benzene rings is 1. The molecule has 1 aliphatic rings. The van der Waals surface area contributed by atoms with Gasteiger partial charge in [-0.1, -0.05) is 12.1 Å². The number of hydrogen-bond acceptors (Lipinski definition) is 8. The fourth-order valence-electron chi connectivity index (χ4n) is 4.07. The number of pyridine rings is 1. The molecular weight excluding hydrogens is 438 g/mol. The van der Waals surface area contributed by atoms with Gasteiger partial charge < -0.3 is 25.2 Å². The Hall–Kier alpha value is -3.33. The number of nitrogens with zero attached hydrogens (tertiary/aromatic N) is 4. The van der Waals surface area contributed by atoms with E-state index in [1.54, 1.807) is 6.20 Å². The highest BCUT2D eigenvalue weighted by molar-refractivity contribution is 7.21. The van der Waals surface area contributed by atoms with E-state index in [1.165, 1.54) is 25.5 Å². The van der Waals surface area contributed by atoms with Crippen LogP contribution in [-0.4, -0.2) is 69.1 Å². The summed E-state index contributed by atoms with van der Waals surface area (Å²) in [6, 6.07) is 9.62. The van der Waals surface area contributed by atoms with Crippen LogP contribution < -0.4 is 15.5 Å². The Bertz CT molecular complexity index is 1260. The highest BCUT2D eigenvalue weighted by Gasteiger charge is 2.23. The van der Waals surface area contributed by atoms with E-state index in [1.807, 2.05) is 30.3 Å². The number of aromatic nitrogens is 1. The first-order chi connectivity index (χ1) is 17.1. The molecular formula is C24H29N5O3S. The highest BCUT2D eigenvalue weighted by atomic mass is 32.1. The number of esters is 1. The van der Waals surface area contributed by atoms with Crippen molar-refractivity contribution in [1.29, 1.82) is 0 Å². The smallest absolute Gasteiger partial charge is 0.350 e. The predicted molar refractivity (Wildman–Crippen MR) is 133 cm³/mol. The second-order valence-electron chi connectivity index (χ2n) is 7.97. The number of rotatable bonds is 5. The molecule has 9 heteroatoms. The topological polar surface area (TPSA) is 92.0 Å². The van der Waals surface area contributed by atoms with Crippen LogP contribution in [0.2, 0.25) is 0 Å². The van der Waals surface area contributed by atoms with Gasteiger partial charge in [-0.05, 0) is 30.2 Å². The van der Waals surface area contributed by atoms with Crippen molar-refractivity contribution in [2.45, 2.75) is 12.8 Å². The van der Waals surface area contributed by atoms with Gasteiger partial charge in [0.15, 0.2) is 0 Å². The summed E-state index contributed by atoms with van der Waals surface area (Å²) in [5.74, 6) is -0.904. The summed E-state index contributed by atoms with van der Waals surface area (Å²) >= 11 is 1.24. The molecule has 0 radical (unpaired) electrons. The third-order valence-electron chi connectivity index (χ3n) is 5.85. The number of anilines is 3. The van der Waals surface area contributed by atoms with E-state index in [0.717, 1.165) is 59.8 Å². The molecule has 0 atom stereocenters. The van der Waals surface area contributed by atoms with Crippen LogP contribution in [-0.2, 0) is 16.0 Å². The lowest BCUT2D eigenvalue weighted by molar-refractivity contribution is -0.127. The summed E-state index contributed by atoms with van der Waals surface area (Å²) in [6.07, 6.45) is 2.69. The van der Waals surface area contributed by atoms with Gasteiger partial charge in [-0.2, -0.15) is 0 Å². The minimum Gasteiger partial charge on any atom is -0.465 e. The van der Waals surface area contributed by atoms with Crippen LogP contribution in [0.3, 0.4) is 0 Å². The van der Waals surface area contributed by atoms with E-state index >= 15 is 0 Å². The Morgan fingerprint density at radius 2 is 1.91 bits per heavy atom. The number of carbonyl (C=O) groups is 2. The summed E-state index contributed by atoms with van der Waals surface area (Å²) in [6.45, 7) is 0.775. The number of carbonyl (C=O) groups excluding carboxylic acids is 2. The first-order valence-electron chi connectivity index (χ1n) is 12.2. The molecule has 0 unspecified atom stereocenters. The summed E-state index contributed by atoms with van der Waals surface area (Å²) in [5, 5.41) is 0.785. The van der Waals surface area contributed by atoms with Crippen LogP contribution in [0.5, 0.6) is 0 Å². The maximum absolute atomic E-state index is 12.2. The molecule has 1 aliphatic heterocycles. The second kappa shape index (κ2) is 9.66. The zero-order valence-electron chi connectivity index (χ0n) is 21.7. The Morgan fingerprint density at radius 3 is 2.64 bits per heavy atom. The zero-order valence-corrected chi connectivity index (χ0v) is 19.5. The lowest BCUT2D eigenvalue weighted by Crippen LogP contribution is -2.30. The first-order valence-corrected chi connectivity index (χ1v) is 11.5. The van der Waals surface area contributed by atoms with Gasteiger partial charge in [0.25, 0.3) is 0 Å². The highest BCUT2D eigenvalue weighted by Crippen LogP contribution is 2.39. The van der Waals surface area contributed by atoms with Crippen LogP contribution in [0.25, 0.3) is 10.2 Å². The molecule has 1 fully saturated rings. The van der Waals surface area contributed by atoms with Crippen molar-refractivity contribution >= 4 is 50.5 Å². The first kappa shape index (κ1) is 19.2. The maximum Gasteiger partial charge on any atom is 0.350 e. The number of nitrogens with two attached hydrogens (primary N) is 1. The van der Waals surface area contributed by atoms with Crippen molar-refractivity contribution < 1.29 is 18.4 Å². The molecule has 0 bridgehead atoms. The van der Waals surface area contributed by atoms with Gasteiger partial charge in [-0.3, -0.25) is 4.79 Å². The molecule has 3 aromatic rings. The molecule has 174 valence electrons. The summed E-state index contributed by atoms with van der Waals surface area (Å²) < 4.78 is 27.0. The van der Waals surface area contributed by atoms with Crippen LogP contribution >= 0.6 is 11.3 Å². The molecule has 1 saturated heterocycles. The average Bonchev–Trinajstić information content (AvgIpc) is 3.03. The normalized spacial score (nSPS) is 16.0. The number of nitrogen functional groups attached to an aromatic ring is 1. The van der Waals surface area contributed by atoms with Gasteiger partial charge >= 0.3 is 5.97 Å². The average molecular weight is 471 g/mol. The fraction of sp³-hybridized carbons (Fsp3) is 0.375. The third kappa shape index (κ3) is 4.73. The van der Waals surface area contributed by atoms with Gasteiger partial charge in [-0.25, -0.2) is 9.78 Å². The van der Waals surface area contributed by atoms with Crippen LogP contribution in [0.1, 0.15) is 25.8 Å². The van der Waals surface area contributed by atoms with Crippen molar-refractivity contribution in [3.8, 4) is 0 Å². The lowest BCUT2D eigenvalue weighted by Gasteiger charge is -2.25. The molecule has 1 amide bonds. The number of ether oxygens (including phenoxy) is 1. The van der Waals surface area contributed by atoms with E-state index in [-0.39, 0.29) is 6.42 Å². The predicted octanol–water partition coefficient (Wildman–Crippen LogP) is 3.01. The number of fused-ring (bicyclic) bond motifs is 1. The maximum atomic E-state index is 12.2. The third-order valence-corrected chi connectivity index (χ3v) is 6.94. The minimum absolute atomic E-state index is 0.0383. The SMILES string of the molecule is [2H]C([2H])([2H])N(C)C(=O)Cc1ccc(N2CCCN(c3ccnc4sc(C(=O)OC)c(N)c34)CC2)cc1. The Labute approximate surface area is 201 Å². The molecule has 33 heavy (non-hydrogen) atoms. The standard InChI is InChI=1S/C24H29N5O3S/c1-27(2)19(30)15-16-5-7-17(8-6-16)28-11-4-12-29(14-13-28)18-9-10-26-23-20(18)21(25)22(33-23)24(31)32-3/h5-10H,4,11-15,25H2,1-3H3/i1D3. The molecule has 0 spiro atoms. The summed E-state index contributed by atoms with van der Waals surface area (Å²) in [7, 11) is 2.63. The minimum atomic E-state index is -2.44. The zero-order chi connectivity index (χ0) is 26.0. The Morgan fingerprint density at radius 1 is 1.18 bits per heavy atom. The number of thiophene rings is 1. The second-order valence-corrected chi connectivity index (χ2v) is 8.97. The summed E-state index contributed by atoms with van der Waals surface area (Å²) in [4.78, 5) is 35.2. The van der Waals surface area contributed by atoms with Gasteiger partial charge in [-0.15, -0.1) is 11.3 Å². The number of likely N-dealkylation sites (N-methyl/N-ethyl adjacent to an activating group) is 1. The van der Waals surface area contributed by atoms with E-state index in [2.05, 4.69) is 14.8 Å². The molecule has 0 aliphatic carbocycles. The number of methoxy groups -OCH3 is 1. The molecule has 2 N–H and O–H groups in total. The molecule has 8 nitrogen and oxygen atoms in total. The van der Waals surface area contributed by atoms with E-state index in [4.69, 9.17) is 14.6 Å². The molecule has 4 rings (SSSR count). The van der Waals surface area contributed by atoms with Gasteiger partial charge in [0, 0.05) is 56.2 Å². The van der Waals surface area contributed by atoms with Crippen LogP contribution in [0, 0.1) is 0 Å². The largest absolute Gasteiger partial charge is 0.465 e. The van der Waals surface area contributed by atoms with E-state index < -0.39 is 18.9 Å².